The van der Waals surface area contributed by atoms with Gasteiger partial charge < -0.3 is 10.2 Å². The molecule has 0 unspecified atom stereocenters. The van der Waals surface area contributed by atoms with Gasteiger partial charge in [0.2, 0.25) is 5.91 Å². The summed E-state index contributed by atoms with van der Waals surface area (Å²) in [5, 5.41) is 2.61. The van der Waals surface area contributed by atoms with Gasteiger partial charge in [-0.2, -0.15) is 0 Å². The SMILES string of the molecule is CC(=O)CC(=O)Nc1ccccc1.CN(C)C. The highest BCUT2D eigenvalue weighted by Crippen LogP contribution is 2.05. The highest BCUT2D eigenvalue weighted by molar-refractivity contribution is 6.03. The molecule has 1 rings (SSSR count). The molecule has 1 N–H and O–H groups in total. The predicted octanol–water partition coefficient (Wildman–Crippen LogP) is 1.78. The van der Waals surface area contributed by atoms with Gasteiger partial charge in [-0.15, -0.1) is 0 Å². The number of nitrogens with zero attached hydrogens (tertiary/aromatic N) is 1. The van der Waals surface area contributed by atoms with E-state index in [4.69, 9.17) is 0 Å². The van der Waals surface area contributed by atoms with Crippen molar-refractivity contribution in [1.82, 2.24) is 4.90 Å². The molecule has 0 aliphatic rings. The summed E-state index contributed by atoms with van der Waals surface area (Å²) in [7, 11) is 6.00. The molecule has 1 amide bonds. The Balaban J connectivity index is 0.000000557. The molecule has 4 heteroatoms. The molecule has 1 aromatic carbocycles. The Morgan fingerprint density at radius 2 is 1.59 bits per heavy atom. The van der Waals surface area contributed by atoms with Crippen molar-refractivity contribution in [3.63, 3.8) is 0 Å². The molecule has 0 aromatic heterocycles. The Morgan fingerprint density at radius 3 is 2.00 bits per heavy atom. The van der Waals surface area contributed by atoms with Crippen molar-refractivity contribution in [3.05, 3.63) is 30.3 Å². The van der Waals surface area contributed by atoms with E-state index in [-0.39, 0.29) is 18.1 Å². The smallest absolute Gasteiger partial charge is 0.231 e. The molecule has 94 valence electrons. The Bertz CT molecular complexity index is 345. The normalized spacial score (nSPS) is 9.24. The molecule has 17 heavy (non-hydrogen) atoms. The predicted molar refractivity (Wildman–Crippen MR) is 70.0 cm³/mol. The first-order chi connectivity index (χ1) is 7.91. The maximum atomic E-state index is 11.1. The fourth-order valence-electron chi connectivity index (χ4n) is 0.953. The van der Waals surface area contributed by atoms with Crippen molar-refractivity contribution in [2.75, 3.05) is 26.5 Å². The average Bonchev–Trinajstić information content (AvgIpc) is 2.16. The van der Waals surface area contributed by atoms with E-state index in [1.54, 1.807) is 12.1 Å². The third kappa shape index (κ3) is 10.6. The lowest BCUT2D eigenvalue weighted by molar-refractivity contribution is -0.124. The molecule has 0 aliphatic heterocycles. The standard InChI is InChI=1S/C10H11NO2.C3H9N/c1-8(12)7-10(13)11-9-5-3-2-4-6-9;1-4(2)3/h2-6H,7H2,1H3,(H,11,13);1-3H3. The lowest BCUT2D eigenvalue weighted by Crippen LogP contribution is -2.14. The summed E-state index contributed by atoms with van der Waals surface area (Å²) in [6.07, 6.45) is -0.0606. The van der Waals surface area contributed by atoms with Gasteiger partial charge in [-0.1, -0.05) is 18.2 Å². The first kappa shape index (κ1) is 15.3. The number of hydrogen-bond acceptors (Lipinski definition) is 3. The van der Waals surface area contributed by atoms with Crippen molar-refractivity contribution in [2.45, 2.75) is 13.3 Å². The average molecular weight is 236 g/mol. The summed E-state index contributed by atoms with van der Waals surface area (Å²) in [5.74, 6) is -0.396. The van der Waals surface area contributed by atoms with Gasteiger partial charge in [0.15, 0.2) is 0 Å². The zero-order valence-corrected chi connectivity index (χ0v) is 10.9. The van der Waals surface area contributed by atoms with Crippen LogP contribution in [0.5, 0.6) is 0 Å². The Kier molecular flexibility index (Phi) is 7.63. The first-order valence-corrected chi connectivity index (χ1v) is 5.37. The maximum absolute atomic E-state index is 11.1. The second kappa shape index (κ2) is 8.47. The zero-order valence-electron chi connectivity index (χ0n) is 10.9. The van der Waals surface area contributed by atoms with Crippen molar-refractivity contribution >= 4 is 17.4 Å². The zero-order chi connectivity index (χ0) is 13.3. The maximum Gasteiger partial charge on any atom is 0.231 e. The summed E-state index contributed by atoms with van der Waals surface area (Å²) in [6, 6.07) is 9.06. The second-order valence-corrected chi connectivity index (χ2v) is 4.13. The van der Waals surface area contributed by atoms with E-state index >= 15 is 0 Å². The topological polar surface area (TPSA) is 49.4 Å². The fraction of sp³-hybridized carbons (Fsp3) is 0.385. The number of carbonyl (C=O) groups is 2. The molecule has 0 saturated heterocycles. The Labute approximate surface area is 103 Å². The number of Topliss-reactive ketones (excluding diaryl/α,β-unsaturated/α-hetero) is 1. The van der Waals surface area contributed by atoms with Crippen molar-refractivity contribution in [1.29, 1.82) is 0 Å². The number of carbonyl (C=O) groups excluding carboxylic acids is 2. The highest BCUT2D eigenvalue weighted by Gasteiger charge is 2.04. The van der Waals surface area contributed by atoms with Crippen LogP contribution in [0.4, 0.5) is 5.69 Å². The van der Waals surface area contributed by atoms with Crippen LogP contribution in [0.15, 0.2) is 30.3 Å². The molecule has 0 fully saturated rings. The molecular weight excluding hydrogens is 216 g/mol. The Morgan fingerprint density at radius 1 is 1.12 bits per heavy atom. The number of hydrogen-bond donors (Lipinski definition) is 1. The molecule has 4 nitrogen and oxygen atoms in total. The first-order valence-electron chi connectivity index (χ1n) is 5.37. The van der Waals surface area contributed by atoms with Crippen LogP contribution in [0.25, 0.3) is 0 Å². The highest BCUT2D eigenvalue weighted by atomic mass is 16.2. The third-order valence-corrected chi connectivity index (χ3v) is 1.47. The number of rotatable bonds is 3. The molecular formula is C13H20N2O2. The second-order valence-electron chi connectivity index (χ2n) is 4.13. The minimum atomic E-state index is -0.265. The van der Waals surface area contributed by atoms with Gasteiger partial charge in [-0.3, -0.25) is 9.59 Å². The van der Waals surface area contributed by atoms with E-state index in [1.165, 1.54) is 6.92 Å². The molecule has 0 atom stereocenters. The minimum absolute atomic E-state index is 0.0606. The summed E-state index contributed by atoms with van der Waals surface area (Å²) < 4.78 is 0. The van der Waals surface area contributed by atoms with E-state index < -0.39 is 0 Å². The van der Waals surface area contributed by atoms with E-state index in [1.807, 2.05) is 44.2 Å². The summed E-state index contributed by atoms with van der Waals surface area (Å²) in [4.78, 5) is 23.7. The summed E-state index contributed by atoms with van der Waals surface area (Å²) in [5.41, 5.74) is 0.716. The van der Waals surface area contributed by atoms with Crippen LogP contribution in [-0.4, -0.2) is 37.7 Å². The van der Waals surface area contributed by atoms with Crippen molar-refractivity contribution in [2.24, 2.45) is 0 Å². The van der Waals surface area contributed by atoms with Crippen LogP contribution in [-0.2, 0) is 9.59 Å². The van der Waals surface area contributed by atoms with Gasteiger partial charge in [0.05, 0.1) is 6.42 Å². The molecule has 0 heterocycles. The van der Waals surface area contributed by atoms with Gasteiger partial charge in [-0.25, -0.2) is 0 Å². The van der Waals surface area contributed by atoms with Crippen LogP contribution < -0.4 is 5.32 Å². The van der Waals surface area contributed by atoms with Crippen LogP contribution in [0, 0.1) is 0 Å². The number of ketones is 1. The molecule has 0 spiro atoms. The molecule has 0 bridgehead atoms. The van der Waals surface area contributed by atoms with Gasteiger partial charge >= 0.3 is 0 Å². The molecule has 0 radical (unpaired) electrons. The number of para-hydroxylation sites is 1. The number of benzene rings is 1. The van der Waals surface area contributed by atoms with Crippen LogP contribution in [0.3, 0.4) is 0 Å². The minimum Gasteiger partial charge on any atom is -0.326 e. The molecule has 0 saturated carbocycles. The van der Waals surface area contributed by atoms with Crippen molar-refractivity contribution < 1.29 is 9.59 Å². The summed E-state index contributed by atoms with van der Waals surface area (Å²) in [6.45, 7) is 1.39. The van der Waals surface area contributed by atoms with E-state index in [2.05, 4.69) is 5.32 Å². The van der Waals surface area contributed by atoms with Crippen LogP contribution in [0.1, 0.15) is 13.3 Å². The van der Waals surface area contributed by atoms with Crippen LogP contribution >= 0.6 is 0 Å². The van der Waals surface area contributed by atoms with Crippen LogP contribution in [0.2, 0.25) is 0 Å². The molecule has 1 aromatic rings. The van der Waals surface area contributed by atoms with Gasteiger partial charge in [-0.05, 0) is 40.2 Å². The van der Waals surface area contributed by atoms with E-state index in [0.29, 0.717) is 5.69 Å². The third-order valence-electron chi connectivity index (χ3n) is 1.47. The monoisotopic (exact) mass is 236 g/mol. The number of nitrogens with one attached hydrogen (secondary N) is 1. The number of anilines is 1. The van der Waals surface area contributed by atoms with Gasteiger partial charge in [0.25, 0.3) is 0 Å². The quantitative estimate of drug-likeness (QED) is 0.814. The Hall–Kier alpha value is -1.68. The summed E-state index contributed by atoms with van der Waals surface area (Å²) >= 11 is 0. The lowest BCUT2D eigenvalue weighted by Gasteiger charge is -2.01. The number of amides is 1. The van der Waals surface area contributed by atoms with E-state index in [0.717, 1.165) is 0 Å². The van der Waals surface area contributed by atoms with Crippen molar-refractivity contribution in [3.8, 4) is 0 Å². The largest absolute Gasteiger partial charge is 0.326 e. The molecule has 0 aliphatic carbocycles. The van der Waals surface area contributed by atoms with E-state index in [9.17, 15) is 9.59 Å². The fourth-order valence-corrected chi connectivity index (χ4v) is 0.953. The van der Waals surface area contributed by atoms with Gasteiger partial charge in [0, 0.05) is 5.69 Å². The lowest BCUT2D eigenvalue weighted by atomic mass is 10.2. The van der Waals surface area contributed by atoms with Gasteiger partial charge in [0.1, 0.15) is 5.78 Å².